The molecule has 0 aliphatic carbocycles. The monoisotopic (exact) mass is 249 g/mol. The highest BCUT2D eigenvalue weighted by molar-refractivity contribution is 7.16. The summed E-state index contributed by atoms with van der Waals surface area (Å²) >= 11 is 1.47. The normalized spacial score (nSPS) is 19.0. The molecule has 0 bridgehead atoms. The van der Waals surface area contributed by atoms with E-state index < -0.39 is 0 Å². The Morgan fingerprint density at radius 1 is 1.59 bits per heavy atom. The molecule has 1 atom stereocenters. The van der Waals surface area contributed by atoms with Gasteiger partial charge >= 0.3 is 0 Å². The molecular weight excluding hydrogens is 234 g/mol. The maximum absolute atomic E-state index is 11.9. The maximum atomic E-state index is 11.9. The zero-order valence-electron chi connectivity index (χ0n) is 9.96. The zero-order valence-corrected chi connectivity index (χ0v) is 10.8. The minimum atomic E-state index is -0.107. The standard InChI is InChI=1S/C12H15N3OS/c1-7-8(2)17-12(9(7)6-13)15-11(16)10-4-3-5-14-10/h10,14H,3-5H2,1-2H3,(H,15,16)/t10-/m1/s1. The first-order chi connectivity index (χ1) is 8.13. The number of carbonyl (C=O) groups is 1. The molecule has 0 aromatic carbocycles. The van der Waals surface area contributed by atoms with Gasteiger partial charge in [-0.2, -0.15) is 5.26 Å². The fourth-order valence-electron chi connectivity index (χ4n) is 1.96. The van der Waals surface area contributed by atoms with Crippen LogP contribution < -0.4 is 10.6 Å². The van der Waals surface area contributed by atoms with Gasteiger partial charge < -0.3 is 10.6 Å². The molecule has 1 aliphatic rings. The largest absolute Gasteiger partial charge is 0.315 e. The molecule has 4 nitrogen and oxygen atoms in total. The molecule has 90 valence electrons. The first-order valence-corrected chi connectivity index (χ1v) is 6.49. The molecular formula is C12H15N3OS. The summed E-state index contributed by atoms with van der Waals surface area (Å²) in [7, 11) is 0. The molecule has 0 spiro atoms. The van der Waals surface area contributed by atoms with Gasteiger partial charge in [-0.15, -0.1) is 11.3 Å². The number of amides is 1. The Morgan fingerprint density at radius 3 is 2.94 bits per heavy atom. The highest BCUT2D eigenvalue weighted by atomic mass is 32.1. The van der Waals surface area contributed by atoms with Crippen molar-refractivity contribution in [2.45, 2.75) is 32.7 Å². The lowest BCUT2D eigenvalue weighted by atomic mass is 10.2. The van der Waals surface area contributed by atoms with Crippen LogP contribution >= 0.6 is 11.3 Å². The fraction of sp³-hybridized carbons (Fsp3) is 0.500. The molecule has 2 rings (SSSR count). The van der Waals surface area contributed by atoms with Crippen LogP contribution in [0.4, 0.5) is 5.00 Å². The Morgan fingerprint density at radius 2 is 2.35 bits per heavy atom. The summed E-state index contributed by atoms with van der Waals surface area (Å²) in [6.45, 7) is 4.77. The summed E-state index contributed by atoms with van der Waals surface area (Å²) in [5.74, 6) is -0.0275. The third-order valence-corrected chi connectivity index (χ3v) is 4.23. The summed E-state index contributed by atoms with van der Waals surface area (Å²) in [6, 6.07) is 2.05. The summed E-state index contributed by atoms with van der Waals surface area (Å²) in [5, 5.41) is 15.8. The summed E-state index contributed by atoms with van der Waals surface area (Å²) in [4.78, 5) is 13.0. The molecule has 1 aromatic heterocycles. The number of hydrogen-bond donors (Lipinski definition) is 2. The number of aryl methyl sites for hydroxylation is 1. The van der Waals surface area contributed by atoms with E-state index in [2.05, 4.69) is 16.7 Å². The van der Waals surface area contributed by atoms with Gasteiger partial charge in [-0.3, -0.25) is 4.79 Å². The van der Waals surface area contributed by atoms with E-state index in [1.165, 1.54) is 11.3 Å². The second-order valence-corrected chi connectivity index (χ2v) is 5.46. The van der Waals surface area contributed by atoms with Crippen LogP contribution in [0.2, 0.25) is 0 Å². The van der Waals surface area contributed by atoms with Crippen LogP contribution in [0.1, 0.15) is 28.8 Å². The van der Waals surface area contributed by atoms with Gasteiger partial charge in [0.1, 0.15) is 11.1 Å². The third-order valence-electron chi connectivity index (χ3n) is 3.11. The van der Waals surface area contributed by atoms with Crippen LogP contribution in [0.5, 0.6) is 0 Å². The molecule has 1 amide bonds. The Balaban J connectivity index is 2.16. The number of nitrogens with one attached hydrogen (secondary N) is 2. The number of thiophene rings is 1. The third kappa shape index (κ3) is 2.33. The molecule has 0 unspecified atom stereocenters. The lowest BCUT2D eigenvalue weighted by Gasteiger charge is -2.09. The molecule has 1 aliphatic heterocycles. The Labute approximate surface area is 105 Å². The van der Waals surface area contributed by atoms with Crippen molar-refractivity contribution in [3.8, 4) is 6.07 Å². The molecule has 2 heterocycles. The highest BCUT2D eigenvalue weighted by Gasteiger charge is 2.23. The Bertz CT molecular complexity index is 481. The molecule has 1 fully saturated rings. The zero-order chi connectivity index (χ0) is 12.4. The topological polar surface area (TPSA) is 64.9 Å². The first-order valence-electron chi connectivity index (χ1n) is 5.68. The minimum absolute atomic E-state index is 0.0275. The van der Waals surface area contributed by atoms with Gasteiger partial charge in [-0.05, 0) is 38.8 Å². The van der Waals surface area contributed by atoms with Gasteiger partial charge in [0, 0.05) is 4.88 Å². The van der Waals surface area contributed by atoms with Crippen molar-refractivity contribution in [3.05, 3.63) is 16.0 Å². The first kappa shape index (κ1) is 12.1. The van der Waals surface area contributed by atoms with Crippen LogP contribution in [-0.2, 0) is 4.79 Å². The smallest absolute Gasteiger partial charge is 0.242 e. The molecule has 0 radical (unpaired) electrons. The van der Waals surface area contributed by atoms with Crippen molar-refractivity contribution in [1.29, 1.82) is 5.26 Å². The Hall–Kier alpha value is -1.38. The van der Waals surface area contributed by atoms with Crippen LogP contribution in [0.3, 0.4) is 0 Å². The van der Waals surface area contributed by atoms with E-state index in [1.54, 1.807) is 0 Å². The van der Waals surface area contributed by atoms with E-state index in [-0.39, 0.29) is 11.9 Å². The second kappa shape index (κ2) is 4.86. The van der Waals surface area contributed by atoms with E-state index in [1.807, 2.05) is 13.8 Å². The number of rotatable bonds is 2. The van der Waals surface area contributed by atoms with Gasteiger partial charge in [-0.25, -0.2) is 0 Å². The summed E-state index contributed by atoms with van der Waals surface area (Å²) < 4.78 is 0. The van der Waals surface area contributed by atoms with Crippen molar-refractivity contribution < 1.29 is 4.79 Å². The lowest BCUT2D eigenvalue weighted by molar-refractivity contribution is -0.117. The van der Waals surface area contributed by atoms with Crippen molar-refractivity contribution in [2.24, 2.45) is 0 Å². The van der Waals surface area contributed by atoms with Crippen LogP contribution in [0.15, 0.2) is 0 Å². The van der Waals surface area contributed by atoms with Crippen LogP contribution in [0.25, 0.3) is 0 Å². The predicted octanol–water partition coefficient (Wildman–Crippen LogP) is 1.93. The summed E-state index contributed by atoms with van der Waals surface area (Å²) in [6.07, 6.45) is 1.91. The summed E-state index contributed by atoms with van der Waals surface area (Å²) in [5.41, 5.74) is 1.56. The maximum Gasteiger partial charge on any atom is 0.242 e. The van der Waals surface area contributed by atoms with Gasteiger partial charge in [0.2, 0.25) is 5.91 Å². The van der Waals surface area contributed by atoms with Crippen LogP contribution in [-0.4, -0.2) is 18.5 Å². The molecule has 2 N–H and O–H groups in total. The van der Waals surface area contributed by atoms with Gasteiger partial charge in [0.05, 0.1) is 11.6 Å². The number of nitriles is 1. The van der Waals surface area contributed by atoms with E-state index in [4.69, 9.17) is 5.26 Å². The number of nitrogens with zero attached hydrogens (tertiary/aromatic N) is 1. The predicted molar refractivity (Wildman–Crippen MR) is 68.2 cm³/mol. The highest BCUT2D eigenvalue weighted by Crippen LogP contribution is 2.31. The molecule has 5 heteroatoms. The van der Waals surface area contributed by atoms with Crippen molar-refractivity contribution >= 4 is 22.2 Å². The van der Waals surface area contributed by atoms with Gasteiger partial charge in [0.15, 0.2) is 0 Å². The average molecular weight is 249 g/mol. The molecule has 1 aromatic rings. The number of hydrogen-bond acceptors (Lipinski definition) is 4. The second-order valence-electron chi connectivity index (χ2n) is 4.24. The lowest BCUT2D eigenvalue weighted by Crippen LogP contribution is -2.35. The van der Waals surface area contributed by atoms with Gasteiger partial charge in [0.25, 0.3) is 0 Å². The Kier molecular flexibility index (Phi) is 3.46. The fourth-order valence-corrected chi connectivity index (χ4v) is 2.97. The van der Waals surface area contributed by atoms with E-state index >= 15 is 0 Å². The van der Waals surface area contributed by atoms with E-state index in [0.29, 0.717) is 10.6 Å². The average Bonchev–Trinajstić information content (AvgIpc) is 2.89. The van der Waals surface area contributed by atoms with E-state index in [9.17, 15) is 4.79 Å². The van der Waals surface area contributed by atoms with Gasteiger partial charge in [-0.1, -0.05) is 0 Å². The van der Waals surface area contributed by atoms with Crippen molar-refractivity contribution in [1.82, 2.24) is 5.32 Å². The quantitative estimate of drug-likeness (QED) is 0.841. The molecule has 17 heavy (non-hydrogen) atoms. The van der Waals surface area contributed by atoms with Crippen molar-refractivity contribution in [2.75, 3.05) is 11.9 Å². The number of carbonyl (C=O) groups excluding carboxylic acids is 1. The number of anilines is 1. The minimum Gasteiger partial charge on any atom is -0.315 e. The molecule has 0 saturated carbocycles. The SMILES string of the molecule is Cc1sc(NC(=O)[C@H]2CCCN2)c(C#N)c1C. The van der Waals surface area contributed by atoms with Crippen molar-refractivity contribution in [3.63, 3.8) is 0 Å². The molecule has 1 saturated heterocycles. The van der Waals surface area contributed by atoms with Crippen LogP contribution in [0, 0.1) is 25.2 Å². The van der Waals surface area contributed by atoms with E-state index in [0.717, 1.165) is 29.8 Å².